The van der Waals surface area contributed by atoms with Gasteiger partial charge in [-0.25, -0.2) is 0 Å². The van der Waals surface area contributed by atoms with Gasteiger partial charge in [-0.3, -0.25) is 14.4 Å². The van der Waals surface area contributed by atoms with Crippen LogP contribution >= 0.6 is 0 Å². The molecule has 0 unspecified atom stereocenters. The van der Waals surface area contributed by atoms with E-state index in [1.54, 1.807) is 0 Å². The zero-order valence-electron chi connectivity index (χ0n) is 33.0. The maximum Gasteiger partial charge on any atom is 0.253 e. The SMILES string of the molecule is C=CCn1c2c(c3cc(C(=O)N4CCC(C)CC4)ccc31)CN(C(=O)C1CC1)CC2.C=CCn1c2c(c3cc(C(=O)N4CCC(C)CC4)ccc31)CNCC2. The summed E-state index contributed by atoms with van der Waals surface area (Å²) in [5.74, 6) is 2.30. The molecular formula is C46H58N6O3. The minimum atomic E-state index is 0.135. The number of allylic oxidation sites excluding steroid dienone is 2. The monoisotopic (exact) mass is 742 g/mol. The molecule has 1 saturated carbocycles. The number of carbonyl (C=O) groups excluding carboxylic acids is 3. The van der Waals surface area contributed by atoms with Gasteiger partial charge in [0.1, 0.15) is 0 Å². The number of aromatic nitrogens is 2. The van der Waals surface area contributed by atoms with E-state index in [9.17, 15) is 14.4 Å². The van der Waals surface area contributed by atoms with Crippen LogP contribution in [0.15, 0.2) is 61.7 Å². The van der Waals surface area contributed by atoms with Gasteiger partial charge in [-0.1, -0.05) is 26.0 Å². The maximum absolute atomic E-state index is 13.2. The number of fused-ring (bicyclic) bond motifs is 6. The maximum atomic E-state index is 13.2. The Balaban J connectivity index is 0.000000158. The highest BCUT2D eigenvalue weighted by molar-refractivity contribution is 6.00. The second-order valence-corrected chi connectivity index (χ2v) is 16.8. The van der Waals surface area contributed by atoms with Crippen molar-refractivity contribution in [2.24, 2.45) is 17.8 Å². The number of nitrogens with zero attached hydrogens (tertiary/aromatic N) is 5. The number of amides is 3. The van der Waals surface area contributed by atoms with Crippen molar-refractivity contribution in [2.45, 2.75) is 91.4 Å². The quantitative estimate of drug-likeness (QED) is 0.201. The summed E-state index contributed by atoms with van der Waals surface area (Å²) in [5, 5.41) is 5.82. The van der Waals surface area contributed by atoms with E-state index in [1.807, 2.05) is 39.0 Å². The van der Waals surface area contributed by atoms with Gasteiger partial charge in [0.2, 0.25) is 5.91 Å². The summed E-state index contributed by atoms with van der Waals surface area (Å²) in [4.78, 5) is 44.8. The normalized spacial score (nSPS) is 19.1. The zero-order valence-corrected chi connectivity index (χ0v) is 33.0. The van der Waals surface area contributed by atoms with Gasteiger partial charge in [0.25, 0.3) is 11.8 Å². The number of carbonyl (C=O) groups is 3. The summed E-state index contributed by atoms with van der Waals surface area (Å²) in [6.45, 7) is 20.7. The predicted octanol–water partition coefficient (Wildman–Crippen LogP) is 7.34. The fourth-order valence-electron chi connectivity index (χ4n) is 9.34. The highest BCUT2D eigenvalue weighted by Crippen LogP contribution is 2.37. The lowest BCUT2D eigenvalue weighted by Gasteiger charge is -2.30. The van der Waals surface area contributed by atoms with Crippen molar-refractivity contribution in [2.75, 3.05) is 39.3 Å². The zero-order chi connectivity index (χ0) is 38.2. The number of benzene rings is 2. The molecule has 9 heteroatoms. The van der Waals surface area contributed by atoms with Crippen molar-refractivity contribution in [1.82, 2.24) is 29.2 Å². The highest BCUT2D eigenvalue weighted by atomic mass is 16.2. The first-order valence-corrected chi connectivity index (χ1v) is 20.8. The number of rotatable bonds is 7. The van der Waals surface area contributed by atoms with E-state index >= 15 is 0 Å². The van der Waals surface area contributed by atoms with Crippen LogP contribution in [0.3, 0.4) is 0 Å². The summed E-state index contributed by atoms with van der Waals surface area (Å²) >= 11 is 0. The van der Waals surface area contributed by atoms with E-state index in [-0.39, 0.29) is 17.7 Å². The fourth-order valence-corrected chi connectivity index (χ4v) is 9.34. The minimum absolute atomic E-state index is 0.135. The van der Waals surface area contributed by atoms with E-state index < -0.39 is 0 Å². The predicted molar refractivity (Wildman–Crippen MR) is 220 cm³/mol. The second kappa shape index (κ2) is 15.8. The van der Waals surface area contributed by atoms with Gasteiger partial charge in [0, 0.05) is 134 Å². The molecule has 290 valence electrons. The molecule has 0 atom stereocenters. The molecule has 0 spiro atoms. The van der Waals surface area contributed by atoms with Crippen LogP contribution in [0.2, 0.25) is 0 Å². The van der Waals surface area contributed by atoms with Crippen LogP contribution in [0, 0.1) is 17.8 Å². The molecule has 55 heavy (non-hydrogen) atoms. The molecule has 0 radical (unpaired) electrons. The van der Waals surface area contributed by atoms with Crippen molar-refractivity contribution in [1.29, 1.82) is 0 Å². The Labute approximate surface area is 326 Å². The lowest BCUT2D eigenvalue weighted by Crippen LogP contribution is -2.38. The summed E-state index contributed by atoms with van der Waals surface area (Å²) < 4.78 is 4.67. The van der Waals surface area contributed by atoms with Crippen molar-refractivity contribution in [3.63, 3.8) is 0 Å². The third kappa shape index (κ3) is 7.40. The second-order valence-electron chi connectivity index (χ2n) is 16.8. The molecular weight excluding hydrogens is 685 g/mol. The number of piperidine rings is 2. The van der Waals surface area contributed by atoms with Gasteiger partial charge in [0.15, 0.2) is 0 Å². The first-order valence-electron chi connectivity index (χ1n) is 20.8. The van der Waals surface area contributed by atoms with Crippen molar-refractivity contribution in [3.05, 3.63) is 95.3 Å². The van der Waals surface area contributed by atoms with Crippen LogP contribution in [0.25, 0.3) is 21.8 Å². The van der Waals surface area contributed by atoms with Crippen molar-refractivity contribution >= 4 is 39.5 Å². The Morgan fingerprint density at radius 1 is 0.673 bits per heavy atom. The average Bonchev–Trinajstić information content (AvgIpc) is 3.97. The fraction of sp³-hybridized carbons (Fsp3) is 0.500. The Morgan fingerprint density at radius 2 is 1.18 bits per heavy atom. The first-order chi connectivity index (χ1) is 26.7. The lowest BCUT2D eigenvalue weighted by atomic mass is 9.98. The van der Waals surface area contributed by atoms with Crippen LogP contribution in [-0.2, 0) is 43.8 Å². The van der Waals surface area contributed by atoms with Crippen LogP contribution < -0.4 is 5.32 Å². The molecule has 5 aliphatic rings. The smallest absolute Gasteiger partial charge is 0.253 e. The van der Waals surface area contributed by atoms with Gasteiger partial charge in [-0.05, 0) is 92.3 Å². The van der Waals surface area contributed by atoms with Crippen molar-refractivity contribution < 1.29 is 14.4 Å². The standard InChI is InChI=1S/C25H31N3O2.C21H27N3O/c1-3-11-28-22-7-6-19(25(30)26-12-8-17(2)9-13-26)15-20(22)21-16-27(14-10-23(21)28)24(29)18-4-5-18;1-3-10-24-19-5-4-16(21(25)23-11-7-15(2)8-12-23)13-17(19)18-14-22-9-6-20(18)24/h3,6-7,15,17-18H,1,4-5,8-14,16H2,2H3;3-5,13,15,22H,1,6-12,14H2,2H3. The minimum Gasteiger partial charge on any atom is -0.340 e. The number of likely N-dealkylation sites (tertiary alicyclic amines) is 2. The van der Waals surface area contributed by atoms with E-state index in [1.165, 1.54) is 33.4 Å². The average molecular weight is 743 g/mol. The Morgan fingerprint density at radius 3 is 1.69 bits per heavy atom. The van der Waals surface area contributed by atoms with E-state index in [4.69, 9.17) is 0 Å². The van der Waals surface area contributed by atoms with Crippen molar-refractivity contribution in [3.8, 4) is 0 Å². The molecule has 3 fully saturated rings. The summed E-state index contributed by atoms with van der Waals surface area (Å²) in [7, 11) is 0. The number of hydrogen-bond donors (Lipinski definition) is 1. The largest absolute Gasteiger partial charge is 0.340 e. The van der Waals surface area contributed by atoms with E-state index in [2.05, 4.69) is 65.7 Å². The third-order valence-corrected chi connectivity index (χ3v) is 12.9. The van der Waals surface area contributed by atoms with Crippen LogP contribution in [0.1, 0.15) is 95.6 Å². The molecule has 9 nitrogen and oxygen atoms in total. The topological polar surface area (TPSA) is 82.8 Å². The molecule has 4 aromatic rings. The number of nitrogens with one attached hydrogen (secondary N) is 1. The lowest BCUT2D eigenvalue weighted by molar-refractivity contribution is -0.133. The molecule has 6 heterocycles. The molecule has 2 saturated heterocycles. The third-order valence-electron chi connectivity index (χ3n) is 12.9. The molecule has 2 aromatic carbocycles. The molecule has 3 amide bonds. The van der Waals surface area contributed by atoms with Crippen LogP contribution in [0.4, 0.5) is 0 Å². The number of hydrogen-bond acceptors (Lipinski definition) is 4. The van der Waals surface area contributed by atoms with Gasteiger partial charge in [-0.2, -0.15) is 0 Å². The Hall–Kier alpha value is -4.63. The molecule has 4 aliphatic heterocycles. The summed E-state index contributed by atoms with van der Waals surface area (Å²) in [6, 6.07) is 12.4. The first kappa shape index (κ1) is 37.3. The van der Waals surface area contributed by atoms with Gasteiger partial charge >= 0.3 is 0 Å². The van der Waals surface area contributed by atoms with Crippen LogP contribution in [0.5, 0.6) is 0 Å². The summed E-state index contributed by atoms with van der Waals surface area (Å²) in [6.07, 6.45) is 12.2. The molecule has 0 bridgehead atoms. The Kier molecular flexibility index (Phi) is 10.7. The molecule has 2 aromatic heterocycles. The van der Waals surface area contributed by atoms with Gasteiger partial charge in [0.05, 0.1) is 0 Å². The molecule has 9 rings (SSSR count). The van der Waals surface area contributed by atoms with E-state index in [0.29, 0.717) is 18.4 Å². The van der Waals surface area contributed by atoms with Crippen LogP contribution in [-0.4, -0.2) is 80.8 Å². The highest BCUT2D eigenvalue weighted by Gasteiger charge is 2.36. The van der Waals surface area contributed by atoms with Gasteiger partial charge in [-0.15, -0.1) is 13.2 Å². The molecule has 1 N–H and O–H groups in total. The molecule has 1 aliphatic carbocycles. The van der Waals surface area contributed by atoms with E-state index in [0.717, 1.165) is 138 Å². The van der Waals surface area contributed by atoms with Gasteiger partial charge < -0.3 is 29.2 Å². The summed E-state index contributed by atoms with van der Waals surface area (Å²) in [5.41, 5.74) is 9.21. The Bertz CT molecular complexity index is 2120.